The zero-order valence-corrected chi connectivity index (χ0v) is 14.0. The van der Waals surface area contributed by atoms with E-state index in [4.69, 9.17) is 23.2 Å². The normalized spacial score (nSPS) is 16.2. The first-order valence-corrected chi connectivity index (χ1v) is 8.19. The van der Waals surface area contributed by atoms with Gasteiger partial charge in [0.2, 0.25) is 5.91 Å². The molecule has 0 spiro atoms. The molecule has 1 aromatic carbocycles. The Hall–Kier alpha value is -0.770. The van der Waals surface area contributed by atoms with Crippen LogP contribution in [0.25, 0.3) is 0 Å². The van der Waals surface area contributed by atoms with Crippen LogP contribution in [0, 0.1) is 5.92 Å². The lowest BCUT2D eigenvalue weighted by Gasteiger charge is -2.32. The van der Waals surface area contributed by atoms with Crippen molar-refractivity contribution >= 4 is 29.1 Å². The van der Waals surface area contributed by atoms with Crippen molar-refractivity contribution < 1.29 is 4.79 Å². The predicted molar refractivity (Wildman–Crippen MR) is 87.7 cm³/mol. The summed E-state index contributed by atoms with van der Waals surface area (Å²) in [7, 11) is 0. The van der Waals surface area contributed by atoms with Crippen LogP contribution in [0.4, 0.5) is 0 Å². The number of hydrogen-bond donors (Lipinski definition) is 1. The summed E-state index contributed by atoms with van der Waals surface area (Å²) in [6.45, 7) is 6.54. The van der Waals surface area contributed by atoms with Crippen molar-refractivity contribution in [2.45, 2.75) is 39.3 Å². The quantitative estimate of drug-likeness (QED) is 0.913. The molecule has 0 aliphatic carbocycles. The smallest absolute Gasteiger partial charge is 0.226 e. The fraction of sp³-hybridized carbons (Fsp3) is 0.562. The average Bonchev–Trinajstić information content (AvgIpc) is 2.48. The van der Waals surface area contributed by atoms with E-state index in [-0.39, 0.29) is 17.9 Å². The number of amides is 1. The Labute approximate surface area is 136 Å². The number of carbonyl (C=O) groups is 1. The van der Waals surface area contributed by atoms with Crippen molar-refractivity contribution in [1.82, 2.24) is 10.2 Å². The van der Waals surface area contributed by atoms with Gasteiger partial charge in [0.15, 0.2) is 0 Å². The van der Waals surface area contributed by atoms with Gasteiger partial charge >= 0.3 is 0 Å². The van der Waals surface area contributed by atoms with Crippen LogP contribution >= 0.6 is 23.2 Å². The highest BCUT2D eigenvalue weighted by atomic mass is 35.5. The molecule has 0 radical (unpaired) electrons. The molecular formula is C16H22Cl2N2O. The van der Waals surface area contributed by atoms with Gasteiger partial charge in [-0.2, -0.15) is 0 Å². The molecule has 1 N–H and O–H groups in total. The molecule has 21 heavy (non-hydrogen) atoms. The van der Waals surface area contributed by atoms with Gasteiger partial charge in [-0.15, -0.1) is 0 Å². The van der Waals surface area contributed by atoms with Gasteiger partial charge in [-0.05, 0) is 57.5 Å². The van der Waals surface area contributed by atoms with Crippen molar-refractivity contribution in [3.8, 4) is 0 Å². The fourth-order valence-electron chi connectivity index (χ4n) is 2.65. The molecule has 1 saturated heterocycles. The monoisotopic (exact) mass is 328 g/mol. The van der Waals surface area contributed by atoms with Gasteiger partial charge in [0.1, 0.15) is 0 Å². The number of piperidine rings is 1. The summed E-state index contributed by atoms with van der Waals surface area (Å²) in [6.07, 6.45) is 1.84. The number of nitrogens with one attached hydrogen (secondary N) is 1. The van der Waals surface area contributed by atoms with E-state index in [1.54, 1.807) is 6.07 Å². The van der Waals surface area contributed by atoms with Crippen LogP contribution in [0.2, 0.25) is 10.0 Å². The topological polar surface area (TPSA) is 32.3 Å². The maximum Gasteiger partial charge on any atom is 0.226 e. The number of nitrogens with zero attached hydrogens (tertiary/aromatic N) is 1. The minimum absolute atomic E-state index is 0.136. The van der Waals surface area contributed by atoms with Gasteiger partial charge in [-0.3, -0.25) is 4.79 Å². The predicted octanol–water partition coefficient (Wildman–Crippen LogP) is 3.73. The lowest BCUT2D eigenvalue weighted by atomic mass is 9.95. The molecule has 0 unspecified atom stereocenters. The summed E-state index contributed by atoms with van der Waals surface area (Å²) in [5.74, 6) is 0.383. The second-order valence-electron chi connectivity index (χ2n) is 5.83. The Morgan fingerprint density at radius 2 is 1.95 bits per heavy atom. The molecule has 0 bridgehead atoms. The molecule has 116 valence electrons. The van der Waals surface area contributed by atoms with Gasteiger partial charge in [0.25, 0.3) is 0 Å². The van der Waals surface area contributed by atoms with Crippen molar-refractivity contribution in [2.75, 3.05) is 13.1 Å². The van der Waals surface area contributed by atoms with E-state index >= 15 is 0 Å². The molecule has 5 heteroatoms. The summed E-state index contributed by atoms with van der Waals surface area (Å²) >= 11 is 12.0. The molecule has 1 amide bonds. The van der Waals surface area contributed by atoms with Crippen molar-refractivity contribution in [2.24, 2.45) is 5.92 Å². The minimum atomic E-state index is 0.136. The Bertz CT molecular complexity index is 499. The Kier molecular flexibility index (Phi) is 5.91. The number of carbonyl (C=O) groups excluding carboxylic acids is 1. The maximum atomic E-state index is 12.7. The van der Waals surface area contributed by atoms with Gasteiger partial charge in [0, 0.05) is 18.5 Å². The third-order valence-corrected chi connectivity index (χ3v) is 4.67. The zero-order valence-electron chi connectivity index (χ0n) is 12.5. The standard InChI is InChI=1S/C16H22Cl2N2O/c1-11(2)20(16(21)13-5-7-19-8-6-13)10-12-3-4-14(17)15(18)9-12/h3-4,9,11,13,19H,5-8,10H2,1-2H3. The largest absolute Gasteiger partial charge is 0.336 e. The summed E-state index contributed by atoms with van der Waals surface area (Å²) < 4.78 is 0. The highest BCUT2D eigenvalue weighted by molar-refractivity contribution is 6.42. The van der Waals surface area contributed by atoms with Crippen LogP contribution < -0.4 is 5.32 Å². The third-order valence-electron chi connectivity index (χ3n) is 3.93. The highest BCUT2D eigenvalue weighted by Crippen LogP contribution is 2.25. The van der Waals surface area contributed by atoms with E-state index in [0.717, 1.165) is 31.5 Å². The zero-order chi connectivity index (χ0) is 15.4. The van der Waals surface area contributed by atoms with E-state index in [0.29, 0.717) is 16.6 Å². The molecule has 1 aliphatic heterocycles. The lowest BCUT2D eigenvalue weighted by molar-refractivity contribution is -0.138. The Morgan fingerprint density at radius 1 is 1.29 bits per heavy atom. The van der Waals surface area contributed by atoms with E-state index in [1.165, 1.54) is 0 Å². The molecule has 0 atom stereocenters. The van der Waals surface area contributed by atoms with Crippen LogP contribution in [-0.4, -0.2) is 29.9 Å². The van der Waals surface area contributed by atoms with E-state index in [9.17, 15) is 4.79 Å². The van der Waals surface area contributed by atoms with Crippen molar-refractivity contribution in [3.05, 3.63) is 33.8 Å². The fourth-order valence-corrected chi connectivity index (χ4v) is 2.97. The summed E-state index contributed by atoms with van der Waals surface area (Å²) in [5.41, 5.74) is 1.01. The minimum Gasteiger partial charge on any atom is -0.336 e. The van der Waals surface area contributed by atoms with Crippen LogP contribution in [0.5, 0.6) is 0 Å². The molecular weight excluding hydrogens is 307 g/mol. The molecule has 1 fully saturated rings. The molecule has 3 nitrogen and oxygen atoms in total. The number of benzene rings is 1. The van der Waals surface area contributed by atoms with E-state index < -0.39 is 0 Å². The Morgan fingerprint density at radius 3 is 2.52 bits per heavy atom. The van der Waals surface area contributed by atoms with Crippen molar-refractivity contribution in [3.63, 3.8) is 0 Å². The number of halogens is 2. The van der Waals surface area contributed by atoms with Crippen LogP contribution in [0.15, 0.2) is 18.2 Å². The van der Waals surface area contributed by atoms with Crippen LogP contribution in [0.1, 0.15) is 32.3 Å². The SMILES string of the molecule is CC(C)N(Cc1ccc(Cl)c(Cl)c1)C(=O)C1CCNCC1. The number of hydrogen-bond acceptors (Lipinski definition) is 2. The molecule has 0 aromatic heterocycles. The summed E-state index contributed by atoms with van der Waals surface area (Å²) in [6, 6.07) is 5.72. The van der Waals surface area contributed by atoms with Gasteiger partial charge in [-0.1, -0.05) is 29.3 Å². The van der Waals surface area contributed by atoms with Gasteiger partial charge < -0.3 is 10.2 Å². The maximum absolute atomic E-state index is 12.7. The van der Waals surface area contributed by atoms with Gasteiger partial charge in [0.05, 0.1) is 10.0 Å². The molecule has 1 aromatic rings. The first-order valence-electron chi connectivity index (χ1n) is 7.44. The molecule has 0 saturated carbocycles. The second kappa shape index (κ2) is 7.48. The summed E-state index contributed by atoms with van der Waals surface area (Å²) in [5, 5.41) is 4.38. The number of rotatable bonds is 4. The van der Waals surface area contributed by atoms with E-state index in [2.05, 4.69) is 19.2 Å². The third kappa shape index (κ3) is 4.35. The lowest BCUT2D eigenvalue weighted by Crippen LogP contribution is -2.43. The average molecular weight is 329 g/mol. The first kappa shape index (κ1) is 16.6. The van der Waals surface area contributed by atoms with Crippen molar-refractivity contribution in [1.29, 1.82) is 0 Å². The van der Waals surface area contributed by atoms with Crippen LogP contribution in [-0.2, 0) is 11.3 Å². The highest BCUT2D eigenvalue weighted by Gasteiger charge is 2.27. The Balaban J connectivity index is 2.10. The molecule has 2 rings (SSSR count). The van der Waals surface area contributed by atoms with E-state index in [1.807, 2.05) is 17.0 Å². The second-order valence-corrected chi connectivity index (χ2v) is 6.65. The van der Waals surface area contributed by atoms with Gasteiger partial charge in [-0.25, -0.2) is 0 Å². The molecule has 1 heterocycles. The molecule has 1 aliphatic rings. The van der Waals surface area contributed by atoms with Crippen LogP contribution in [0.3, 0.4) is 0 Å². The summed E-state index contributed by atoms with van der Waals surface area (Å²) in [4.78, 5) is 14.7. The first-order chi connectivity index (χ1) is 9.99.